The van der Waals surface area contributed by atoms with Crippen molar-refractivity contribution in [2.45, 2.75) is 46.5 Å². The average Bonchev–Trinajstić information content (AvgIpc) is 1.97. The van der Waals surface area contributed by atoms with Crippen molar-refractivity contribution in [3.63, 3.8) is 0 Å². The van der Waals surface area contributed by atoms with Crippen molar-refractivity contribution in [1.82, 2.24) is 0 Å². The van der Waals surface area contributed by atoms with Crippen LogP contribution in [0.25, 0.3) is 0 Å². The topological polar surface area (TPSA) is 17.1 Å². The SMILES string of the molecule is CC(C)=C(C)CCCCC=O. The Morgan fingerprint density at radius 2 is 1.82 bits per heavy atom. The summed E-state index contributed by atoms with van der Waals surface area (Å²) in [4.78, 5) is 9.97. The fraction of sp³-hybridized carbons (Fsp3) is 0.700. The minimum atomic E-state index is 0.718. The molecular weight excluding hydrogens is 136 g/mol. The molecule has 0 N–H and O–H groups in total. The van der Waals surface area contributed by atoms with Crippen LogP contribution in [0.2, 0.25) is 0 Å². The molecule has 0 spiro atoms. The second-order valence-corrected chi connectivity index (χ2v) is 3.19. The number of rotatable bonds is 5. The van der Waals surface area contributed by atoms with Gasteiger partial charge in [0.2, 0.25) is 0 Å². The van der Waals surface area contributed by atoms with Gasteiger partial charge >= 0.3 is 0 Å². The van der Waals surface area contributed by atoms with E-state index < -0.39 is 0 Å². The molecular formula is C10H18O. The molecule has 11 heavy (non-hydrogen) atoms. The fourth-order valence-electron chi connectivity index (χ4n) is 0.868. The van der Waals surface area contributed by atoms with Gasteiger partial charge in [0.05, 0.1) is 0 Å². The lowest BCUT2D eigenvalue weighted by Gasteiger charge is -2.01. The van der Waals surface area contributed by atoms with Gasteiger partial charge in [-0.3, -0.25) is 0 Å². The summed E-state index contributed by atoms with van der Waals surface area (Å²) in [6.07, 6.45) is 5.05. The molecule has 64 valence electrons. The Labute approximate surface area is 69.5 Å². The van der Waals surface area contributed by atoms with Crippen LogP contribution in [-0.2, 0) is 4.79 Å². The molecule has 0 aromatic heterocycles. The summed E-state index contributed by atoms with van der Waals surface area (Å²) in [5.41, 5.74) is 2.88. The van der Waals surface area contributed by atoms with Crippen molar-refractivity contribution >= 4 is 6.29 Å². The summed E-state index contributed by atoms with van der Waals surface area (Å²) < 4.78 is 0. The third kappa shape index (κ3) is 5.84. The number of carbonyl (C=O) groups excluding carboxylic acids is 1. The first-order valence-corrected chi connectivity index (χ1v) is 4.25. The quantitative estimate of drug-likeness (QED) is 0.338. The zero-order valence-corrected chi connectivity index (χ0v) is 7.81. The molecule has 0 heterocycles. The molecule has 1 heteroatoms. The minimum absolute atomic E-state index is 0.718. The van der Waals surface area contributed by atoms with Crippen LogP contribution < -0.4 is 0 Å². The van der Waals surface area contributed by atoms with Crippen molar-refractivity contribution in [2.75, 3.05) is 0 Å². The van der Waals surface area contributed by atoms with E-state index >= 15 is 0 Å². The molecule has 0 aliphatic heterocycles. The Hall–Kier alpha value is -0.590. The molecule has 0 saturated heterocycles. The highest BCUT2D eigenvalue weighted by molar-refractivity contribution is 5.48. The Kier molecular flexibility index (Phi) is 5.81. The van der Waals surface area contributed by atoms with E-state index in [9.17, 15) is 4.79 Å². The van der Waals surface area contributed by atoms with Gasteiger partial charge in [-0.1, -0.05) is 11.1 Å². The molecule has 0 unspecified atom stereocenters. The third-order valence-corrected chi connectivity index (χ3v) is 1.98. The number of unbranched alkanes of at least 4 members (excludes halogenated alkanes) is 2. The standard InChI is InChI=1S/C10H18O/c1-9(2)10(3)7-5-4-6-8-11/h8H,4-7H2,1-3H3. The van der Waals surface area contributed by atoms with Gasteiger partial charge in [-0.25, -0.2) is 0 Å². The summed E-state index contributed by atoms with van der Waals surface area (Å²) in [7, 11) is 0. The van der Waals surface area contributed by atoms with E-state index in [0.29, 0.717) is 0 Å². The van der Waals surface area contributed by atoms with E-state index in [-0.39, 0.29) is 0 Å². The van der Waals surface area contributed by atoms with Crippen molar-refractivity contribution in [3.8, 4) is 0 Å². The molecule has 0 aliphatic carbocycles. The minimum Gasteiger partial charge on any atom is -0.303 e. The first kappa shape index (κ1) is 10.4. The molecule has 0 rings (SSSR count). The Bertz CT molecular complexity index is 141. The van der Waals surface area contributed by atoms with E-state index in [0.717, 1.165) is 32.0 Å². The molecule has 0 aliphatic rings. The van der Waals surface area contributed by atoms with E-state index in [1.165, 1.54) is 11.1 Å². The monoisotopic (exact) mass is 154 g/mol. The number of carbonyl (C=O) groups is 1. The van der Waals surface area contributed by atoms with Gasteiger partial charge in [0, 0.05) is 6.42 Å². The van der Waals surface area contributed by atoms with Gasteiger partial charge < -0.3 is 4.79 Å². The van der Waals surface area contributed by atoms with Crippen molar-refractivity contribution < 1.29 is 4.79 Å². The number of hydrogen-bond acceptors (Lipinski definition) is 1. The highest BCUT2D eigenvalue weighted by Crippen LogP contribution is 2.11. The first-order valence-electron chi connectivity index (χ1n) is 4.25. The van der Waals surface area contributed by atoms with Crippen molar-refractivity contribution in [3.05, 3.63) is 11.1 Å². The zero-order chi connectivity index (χ0) is 8.69. The second-order valence-electron chi connectivity index (χ2n) is 3.19. The molecule has 0 radical (unpaired) electrons. The van der Waals surface area contributed by atoms with Crippen molar-refractivity contribution in [1.29, 1.82) is 0 Å². The summed E-state index contributed by atoms with van der Waals surface area (Å²) in [5, 5.41) is 0. The summed E-state index contributed by atoms with van der Waals surface area (Å²) in [6, 6.07) is 0. The van der Waals surface area contributed by atoms with Gasteiger partial charge in [-0.05, 0) is 40.0 Å². The van der Waals surface area contributed by atoms with Crippen LogP contribution in [0.3, 0.4) is 0 Å². The molecule has 0 aromatic carbocycles. The highest BCUT2D eigenvalue weighted by Gasteiger charge is 1.92. The molecule has 0 fully saturated rings. The van der Waals surface area contributed by atoms with Crippen LogP contribution in [0.5, 0.6) is 0 Å². The Morgan fingerprint density at radius 3 is 2.27 bits per heavy atom. The van der Waals surface area contributed by atoms with Crippen molar-refractivity contribution in [2.24, 2.45) is 0 Å². The van der Waals surface area contributed by atoms with Crippen LogP contribution in [0.15, 0.2) is 11.1 Å². The Morgan fingerprint density at radius 1 is 1.18 bits per heavy atom. The largest absolute Gasteiger partial charge is 0.303 e. The molecule has 0 aromatic rings. The van der Waals surface area contributed by atoms with E-state index in [1.54, 1.807) is 0 Å². The van der Waals surface area contributed by atoms with Crippen LogP contribution in [0, 0.1) is 0 Å². The van der Waals surface area contributed by atoms with E-state index in [2.05, 4.69) is 20.8 Å². The molecule has 1 nitrogen and oxygen atoms in total. The fourth-order valence-corrected chi connectivity index (χ4v) is 0.868. The summed E-state index contributed by atoms with van der Waals surface area (Å²) in [5.74, 6) is 0. The van der Waals surface area contributed by atoms with Gasteiger partial charge in [0.1, 0.15) is 6.29 Å². The predicted octanol–water partition coefficient (Wildman–Crippen LogP) is 3.10. The smallest absolute Gasteiger partial charge is 0.119 e. The summed E-state index contributed by atoms with van der Waals surface area (Å²) >= 11 is 0. The first-order chi connectivity index (χ1) is 5.18. The highest BCUT2D eigenvalue weighted by atomic mass is 16.1. The lowest BCUT2D eigenvalue weighted by atomic mass is 10.1. The van der Waals surface area contributed by atoms with E-state index in [4.69, 9.17) is 0 Å². The van der Waals surface area contributed by atoms with Gasteiger partial charge in [0.25, 0.3) is 0 Å². The molecule has 0 amide bonds. The lowest BCUT2D eigenvalue weighted by molar-refractivity contribution is -0.107. The third-order valence-electron chi connectivity index (χ3n) is 1.98. The maximum atomic E-state index is 9.97. The number of hydrogen-bond donors (Lipinski definition) is 0. The molecule has 0 bridgehead atoms. The van der Waals surface area contributed by atoms with E-state index in [1.807, 2.05) is 0 Å². The van der Waals surface area contributed by atoms with Crippen LogP contribution in [0.4, 0.5) is 0 Å². The van der Waals surface area contributed by atoms with Gasteiger partial charge in [-0.2, -0.15) is 0 Å². The van der Waals surface area contributed by atoms with Crippen LogP contribution in [-0.4, -0.2) is 6.29 Å². The van der Waals surface area contributed by atoms with Crippen LogP contribution >= 0.6 is 0 Å². The maximum Gasteiger partial charge on any atom is 0.119 e. The average molecular weight is 154 g/mol. The Balaban J connectivity index is 3.39. The van der Waals surface area contributed by atoms with Crippen LogP contribution in [0.1, 0.15) is 46.5 Å². The lowest BCUT2D eigenvalue weighted by Crippen LogP contribution is -1.83. The molecule has 0 saturated carbocycles. The zero-order valence-electron chi connectivity index (χ0n) is 7.81. The predicted molar refractivity (Wildman–Crippen MR) is 48.6 cm³/mol. The summed E-state index contributed by atoms with van der Waals surface area (Å²) in [6.45, 7) is 6.43. The number of allylic oxidation sites excluding steroid dienone is 2. The number of aldehydes is 1. The van der Waals surface area contributed by atoms with Gasteiger partial charge in [-0.15, -0.1) is 0 Å². The molecule has 0 atom stereocenters. The van der Waals surface area contributed by atoms with Gasteiger partial charge in [0.15, 0.2) is 0 Å². The normalized spacial score (nSPS) is 9.36. The second kappa shape index (κ2) is 6.14. The maximum absolute atomic E-state index is 9.97.